The number of likely N-dealkylation sites (tertiary alicyclic amines) is 1. The summed E-state index contributed by atoms with van der Waals surface area (Å²) in [6.07, 6.45) is 8.57. The zero-order valence-corrected chi connectivity index (χ0v) is 11.6. The van der Waals surface area contributed by atoms with E-state index >= 15 is 0 Å². The molecular weight excluding hydrogens is 218 g/mol. The molecule has 1 saturated carbocycles. The molecule has 1 atom stereocenters. The van der Waals surface area contributed by atoms with Crippen LogP contribution in [0, 0.1) is 11.3 Å². The monoisotopic (exact) mass is 243 g/mol. The van der Waals surface area contributed by atoms with Gasteiger partial charge in [0.15, 0.2) is 0 Å². The van der Waals surface area contributed by atoms with Crippen LogP contribution in [-0.2, 0) is 6.42 Å². The van der Waals surface area contributed by atoms with Crippen molar-refractivity contribution in [1.82, 2.24) is 4.90 Å². The van der Waals surface area contributed by atoms with Crippen molar-refractivity contribution in [1.29, 1.82) is 0 Å². The second-order valence-electron chi connectivity index (χ2n) is 6.44. The fraction of sp³-hybridized carbons (Fsp3) is 0.647. The normalized spacial score (nSPS) is 27.7. The molecule has 18 heavy (non-hydrogen) atoms. The maximum atomic E-state index is 2.50. The van der Waals surface area contributed by atoms with Gasteiger partial charge in [0.1, 0.15) is 0 Å². The molecule has 0 aromatic heterocycles. The van der Waals surface area contributed by atoms with Crippen LogP contribution >= 0.6 is 0 Å². The van der Waals surface area contributed by atoms with Gasteiger partial charge in [-0.25, -0.2) is 0 Å². The van der Waals surface area contributed by atoms with Crippen molar-refractivity contribution in [3.8, 4) is 0 Å². The third kappa shape index (κ3) is 2.33. The molecular formula is C17H25N. The van der Waals surface area contributed by atoms with E-state index in [1.165, 1.54) is 51.6 Å². The molecule has 1 spiro atoms. The van der Waals surface area contributed by atoms with Gasteiger partial charge in [-0.2, -0.15) is 0 Å². The lowest BCUT2D eigenvalue weighted by atomic mass is 9.69. The molecule has 1 aromatic rings. The fourth-order valence-corrected chi connectivity index (χ4v) is 4.15. The number of nitrogens with zero attached hydrogens (tertiary/aromatic N) is 1. The van der Waals surface area contributed by atoms with Gasteiger partial charge in [-0.3, -0.25) is 0 Å². The summed E-state index contributed by atoms with van der Waals surface area (Å²) in [5.74, 6) is 0.939. The Bertz CT molecular complexity index is 376. The Labute approximate surface area is 111 Å². The van der Waals surface area contributed by atoms with Crippen LogP contribution in [-0.4, -0.2) is 25.0 Å². The third-order valence-corrected chi connectivity index (χ3v) is 5.40. The van der Waals surface area contributed by atoms with Gasteiger partial charge in [0, 0.05) is 0 Å². The Hall–Kier alpha value is -0.820. The average molecular weight is 243 g/mol. The summed E-state index contributed by atoms with van der Waals surface area (Å²) in [7, 11) is 2.27. The fourth-order valence-electron chi connectivity index (χ4n) is 4.15. The van der Waals surface area contributed by atoms with Gasteiger partial charge in [-0.1, -0.05) is 36.8 Å². The molecule has 0 radical (unpaired) electrons. The van der Waals surface area contributed by atoms with E-state index in [0.29, 0.717) is 5.41 Å². The lowest BCUT2D eigenvalue weighted by molar-refractivity contribution is 0.0814. The van der Waals surface area contributed by atoms with Crippen molar-refractivity contribution in [3.63, 3.8) is 0 Å². The van der Waals surface area contributed by atoms with Crippen molar-refractivity contribution in [2.45, 2.75) is 38.5 Å². The van der Waals surface area contributed by atoms with Gasteiger partial charge in [0.25, 0.3) is 0 Å². The average Bonchev–Trinajstić information content (AvgIpc) is 2.78. The van der Waals surface area contributed by atoms with Crippen molar-refractivity contribution in [3.05, 3.63) is 35.9 Å². The number of piperidine rings is 1. The van der Waals surface area contributed by atoms with Crippen molar-refractivity contribution < 1.29 is 0 Å². The maximum absolute atomic E-state index is 2.50. The predicted molar refractivity (Wildman–Crippen MR) is 76.7 cm³/mol. The highest BCUT2D eigenvalue weighted by molar-refractivity contribution is 5.16. The zero-order chi connectivity index (χ0) is 12.4. The molecule has 1 unspecified atom stereocenters. The van der Waals surface area contributed by atoms with E-state index in [4.69, 9.17) is 0 Å². The lowest BCUT2D eigenvalue weighted by Gasteiger charge is -2.42. The molecule has 1 aliphatic heterocycles. The van der Waals surface area contributed by atoms with E-state index in [1.807, 2.05) is 0 Å². The Morgan fingerprint density at radius 1 is 1.11 bits per heavy atom. The van der Waals surface area contributed by atoms with Crippen molar-refractivity contribution >= 4 is 0 Å². The highest BCUT2D eigenvalue weighted by Gasteiger charge is 2.43. The van der Waals surface area contributed by atoms with Gasteiger partial charge in [0.2, 0.25) is 0 Å². The molecule has 3 rings (SSSR count). The molecule has 0 N–H and O–H groups in total. The Morgan fingerprint density at radius 2 is 1.83 bits per heavy atom. The number of rotatable bonds is 2. The molecule has 1 saturated heterocycles. The van der Waals surface area contributed by atoms with Crippen LogP contribution in [0.1, 0.15) is 37.7 Å². The summed E-state index contributed by atoms with van der Waals surface area (Å²) in [4.78, 5) is 2.50. The number of hydrogen-bond donors (Lipinski definition) is 0. The molecule has 1 aromatic carbocycles. The smallest absolute Gasteiger partial charge is 0.00164 e. The summed E-state index contributed by atoms with van der Waals surface area (Å²) in [5.41, 5.74) is 2.23. The Balaban J connectivity index is 1.71. The molecule has 2 aliphatic rings. The van der Waals surface area contributed by atoms with Crippen molar-refractivity contribution in [2.24, 2.45) is 11.3 Å². The second kappa shape index (κ2) is 5.05. The summed E-state index contributed by atoms with van der Waals surface area (Å²) in [6, 6.07) is 11.1. The topological polar surface area (TPSA) is 3.24 Å². The first-order valence-electron chi connectivity index (χ1n) is 7.51. The lowest BCUT2D eigenvalue weighted by Crippen LogP contribution is -2.40. The second-order valence-corrected chi connectivity index (χ2v) is 6.44. The van der Waals surface area contributed by atoms with Crippen LogP contribution in [0.3, 0.4) is 0 Å². The minimum Gasteiger partial charge on any atom is -0.306 e. The largest absolute Gasteiger partial charge is 0.306 e. The summed E-state index contributed by atoms with van der Waals surface area (Å²) < 4.78 is 0. The summed E-state index contributed by atoms with van der Waals surface area (Å²) >= 11 is 0. The Kier molecular flexibility index (Phi) is 3.43. The molecule has 98 valence electrons. The SMILES string of the molecule is CN1CCC2(CCCC2Cc2ccccc2)CC1. The van der Waals surface area contributed by atoms with E-state index in [-0.39, 0.29) is 0 Å². The number of benzene rings is 1. The first kappa shape index (κ1) is 12.2. The van der Waals surface area contributed by atoms with Gasteiger partial charge >= 0.3 is 0 Å². The summed E-state index contributed by atoms with van der Waals surface area (Å²) in [5, 5.41) is 0. The van der Waals surface area contributed by atoms with Crippen LogP contribution in [0.2, 0.25) is 0 Å². The minimum absolute atomic E-state index is 0.683. The van der Waals surface area contributed by atoms with Crippen LogP contribution in [0.4, 0.5) is 0 Å². The molecule has 1 heteroatoms. The van der Waals surface area contributed by atoms with E-state index in [0.717, 1.165) is 5.92 Å². The highest BCUT2D eigenvalue weighted by atomic mass is 15.1. The quantitative estimate of drug-likeness (QED) is 0.765. The van der Waals surface area contributed by atoms with E-state index < -0.39 is 0 Å². The van der Waals surface area contributed by atoms with Gasteiger partial charge in [-0.05, 0) is 69.1 Å². The first-order chi connectivity index (χ1) is 8.78. The van der Waals surface area contributed by atoms with E-state index in [2.05, 4.69) is 42.3 Å². The maximum Gasteiger partial charge on any atom is -0.00164 e. The molecule has 1 nitrogen and oxygen atoms in total. The van der Waals surface area contributed by atoms with Crippen LogP contribution in [0.25, 0.3) is 0 Å². The van der Waals surface area contributed by atoms with Crippen LogP contribution < -0.4 is 0 Å². The van der Waals surface area contributed by atoms with Crippen LogP contribution in [0.5, 0.6) is 0 Å². The predicted octanol–water partition coefficient (Wildman–Crippen LogP) is 3.74. The van der Waals surface area contributed by atoms with E-state index in [9.17, 15) is 0 Å². The molecule has 2 fully saturated rings. The minimum atomic E-state index is 0.683. The zero-order valence-electron chi connectivity index (χ0n) is 11.6. The Morgan fingerprint density at radius 3 is 2.56 bits per heavy atom. The molecule has 1 heterocycles. The van der Waals surface area contributed by atoms with Gasteiger partial charge < -0.3 is 4.90 Å². The van der Waals surface area contributed by atoms with Crippen LogP contribution in [0.15, 0.2) is 30.3 Å². The van der Waals surface area contributed by atoms with E-state index in [1.54, 1.807) is 5.56 Å². The molecule has 1 aliphatic carbocycles. The highest BCUT2D eigenvalue weighted by Crippen LogP contribution is 2.51. The molecule has 0 amide bonds. The standard InChI is InChI=1S/C17H25N/c1-18-12-10-17(11-13-18)9-5-8-16(17)14-15-6-3-2-4-7-15/h2-4,6-7,16H,5,8-14H2,1H3. The van der Waals surface area contributed by atoms with Gasteiger partial charge in [-0.15, -0.1) is 0 Å². The van der Waals surface area contributed by atoms with Gasteiger partial charge in [0.05, 0.1) is 0 Å². The summed E-state index contributed by atoms with van der Waals surface area (Å²) in [6.45, 7) is 2.62. The first-order valence-corrected chi connectivity index (χ1v) is 7.51. The number of hydrogen-bond acceptors (Lipinski definition) is 1. The van der Waals surface area contributed by atoms with Crippen molar-refractivity contribution in [2.75, 3.05) is 20.1 Å². The third-order valence-electron chi connectivity index (χ3n) is 5.40. The molecule has 0 bridgehead atoms.